The molecule has 1 amide bonds. The van der Waals surface area contributed by atoms with Gasteiger partial charge in [0.1, 0.15) is 0 Å². The van der Waals surface area contributed by atoms with Gasteiger partial charge in [0.25, 0.3) is 0 Å². The van der Waals surface area contributed by atoms with Crippen LogP contribution in [0.2, 0.25) is 4.34 Å². The van der Waals surface area contributed by atoms with E-state index in [1.165, 1.54) is 35.9 Å². The lowest BCUT2D eigenvalue weighted by atomic mass is 10.3. The summed E-state index contributed by atoms with van der Waals surface area (Å²) in [5, 5.41) is 15.4. The molecule has 0 spiro atoms. The van der Waals surface area contributed by atoms with Crippen molar-refractivity contribution >= 4 is 40.6 Å². The van der Waals surface area contributed by atoms with E-state index in [4.69, 9.17) is 11.6 Å². The summed E-state index contributed by atoms with van der Waals surface area (Å²) in [4.78, 5) is 13.0. The summed E-state index contributed by atoms with van der Waals surface area (Å²) in [5.41, 5.74) is 0. The van der Waals surface area contributed by atoms with Gasteiger partial charge in [-0.1, -0.05) is 36.2 Å². The number of carbonyl (C=O) groups excluding carboxylic acids is 1. The number of thioether (sulfide) groups is 1. The van der Waals surface area contributed by atoms with Gasteiger partial charge in [0.05, 0.1) is 22.7 Å². The van der Waals surface area contributed by atoms with Crippen molar-refractivity contribution in [3.63, 3.8) is 0 Å². The lowest BCUT2D eigenvalue weighted by Crippen LogP contribution is -2.24. The van der Waals surface area contributed by atoms with Gasteiger partial charge < -0.3 is 5.32 Å². The number of nitrogens with zero attached hydrogens (tertiary/aromatic N) is 4. The van der Waals surface area contributed by atoms with Crippen LogP contribution in [-0.4, -0.2) is 31.9 Å². The highest BCUT2D eigenvalue weighted by Crippen LogP contribution is 2.31. The van der Waals surface area contributed by atoms with Crippen LogP contribution in [0, 0.1) is 0 Å². The highest BCUT2D eigenvalue weighted by Gasteiger charge is 2.22. The molecule has 1 aliphatic rings. The number of hydrogen-bond acceptors (Lipinski definition) is 6. The van der Waals surface area contributed by atoms with Crippen molar-refractivity contribution in [3.05, 3.63) is 21.3 Å². The van der Waals surface area contributed by atoms with Gasteiger partial charge in [-0.05, 0) is 35.4 Å². The molecule has 22 heavy (non-hydrogen) atoms. The predicted octanol–water partition coefficient (Wildman–Crippen LogP) is 2.91. The van der Waals surface area contributed by atoms with E-state index in [0.717, 1.165) is 27.2 Å². The smallest absolute Gasteiger partial charge is 0.230 e. The van der Waals surface area contributed by atoms with Crippen molar-refractivity contribution in [2.45, 2.75) is 43.4 Å². The fourth-order valence-corrected chi connectivity index (χ4v) is 4.27. The molecule has 0 radical (unpaired) electrons. The molecule has 0 bridgehead atoms. The van der Waals surface area contributed by atoms with Crippen LogP contribution >= 0.6 is 34.7 Å². The molecular formula is C13H16ClN5OS2. The predicted molar refractivity (Wildman–Crippen MR) is 87.2 cm³/mol. The molecule has 1 aliphatic carbocycles. The maximum absolute atomic E-state index is 11.9. The first-order chi connectivity index (χ1) is 10.7. The molecule has 118 valence electrons. The van der Waals surface area contributed by atoms with Crippen LogP contribution in [0.15, 0.2) is 17.3 Å². The quantitative estimate of drug-likeness (QED) is 0.805. The Morgan fingerprint density at radius 2 is 2.27 bits per heavy atom. The van der Waals surface area contributed by atoms with Crippen LogP contribution in [0.25, 0.3) is 0 Å². The topological polar surface area (TPSA) is 72.7 Å². The fourth-order valence-electron chi connectivity index (χ4n) is 2.47. The van der Waals surface area contributed by atoms with Crippen molar-refractivity contribution in [2.24, 2.45) is 0 Å². The summed E-state index contributed by atoms with van der Waals surface area (Å²) >= 11 is 8.71. The SMILES string of the molecule is O=C(CSc1nnnn1C1CCCC1)NCc1ccc(Cl)s1. The maximum atomic E-state index is 11.9. The first kappa shape index (κ1) is 15.8. The molecule has 0 unspecified atom stereocenters. The van der Waals surface area contributed by atoms with Gasteiger partial charge >= 0.3 is 0 Å². The van der Waals surface area contributed by atoms with Crippen molar-refractivity contribution in [2.75, 3.05) is 5.75 Å². The van der Waals surface area contributed by atoms with Gasteiger partial charge in [-0.2, -0.15) is 0 Å². The first-order valence-corrected chi connectivity index (χ1v) is 9.32. The zero-order valence-electron chi connectivity index (χ0n) is 11.9. The number of aromatic nitrogens is 4. The van der Waals surface area contributed by atoms with Crippen LogP contribution in [0.5, 0.6) is 0 Å². The summed E-state index contributed by atoms with van der Waals surface area (Å²) in [6.45, 7) is 0.504. The largest absolute Gasteiger partial charge is 0.350 e. The molecule has 2 aromatic rings. The van der Waals surface area contributed by atoms with Crippen LogP contribution < -0.4 is 5.32 Å². The number of halogens is 1. The number of tetrazole rings is 1. The second kappa shape index (κ2) is 7.43. The van der Waals surface area contributed by atoms with Crippen molar-refractivity contribution in [1.29, 1.82) is 0 Å². The summed E-state index contributed by atoms with van der Waals surface area (Å²) in [7, 11) is 0. The van der Waals surface area contributed by atoms with Crippen molar-refractivity contribution < 1.29 is 4.79 Å². The van der Waals surface area contributed by atoms with E-state index in [-0.39, 0.29) is 5.91 Å². The highest BCUT2D eigenvalue weighted by molar-refractivity contribution is 7.99. The van der Waals surface area contributed by atoms with Gasteiger partial charge in [-0.25, -0.2) is 4.68 Å². The number of rotatable bonds is 6. The molecule has 3 rings (SSSR count). The van der Waals surface area contributed by atoms with E-state index in [2.05, 4.69) is 20.8 Å². The normalized spacial score (nSPS) is 15.3. The van der Waals surface area contributed by atoms with Gasteiger partial charge in [-0.3, -0.25) is 4.79 Å². The zero-order chi connectivity index (χ0) is 15.4. The van der Waals surface area contributed by atoms with Crippen LogP contribution in [0.4, 0.5) is 0 Å². The van der Waals surface area contributed by atoms with Crippen LogP contribution in [0.1, 0.15) is 36.6 Å². The minimum Gasteiger partial charge on any atom is -0.350 e. The molecule has 9 heteroatoms. The van der Waals surface area contributed by atoms with Gasteiger partial charge in [-0.15, -0.1) is 16.4 Å². The third-order valence-corrected chi connectivity index (χ3v) is 5.72. The van der Waals surface area contributed by atoms with E-state index < -0.39 is 0 Å². The molecule has 6 nitrogen and oxygen atoms in total. The molecule has 0 aliphatic heterocycles. The second-order valence-electron chi connectivity index (χ2n) is 5.12. The standard InChI is InChI=1S/C13H16ClN5OS2/c14-11-6-5-10(22-11)7-15-12(20)8-21-13-16-17-18-19(13)9-3-1-2-4-9/h5-6,9H,1-4,7-8H2,(H,15,20). The Labute approximate surface area is 141 Å². The zero-order valence-corrected chi connectivity index (χ0v) is 14.3. The number of hydrogen-bond donors (Lipinski definition) is 1. The molecule has 0 aromatic carbocycles. The van der Waals surface area contributed by atoms with Crippen molar-refractivity contribution in [3.8, 4) is 0 Å². The Kier molecular flexibility index (Phi) is 5.32. The Morgan fingerprint density at radius 3 is 3.00 bits per heavy atom. The Morgan fingerprint density at radius 1 is 1.45 bits per heavy atom. The van der Waals surface area contributed by atoms with E-state index in [0.29, 0.717) is 18.3 Å². The third kappa shape index (κ3) is 3.99. The summed E-state index contributed by atoms with van der Waals surface area (Å²) in [5.74, 6) is 0.280. The number of nitrogens with one attached hydrogen (secondary N) is 1. The third-order valence-electron chi connectivity index (χ3n) is 3.55. The number of amides is 1. The maximum Gasteiger partial charge on any atom is 0.230 e. The van der Waals surface area contributed by atoms with E-state index in [1.807, 2.05) is 16.8 Å². The molecule has 0 saturated heterocycles. The minimum absolute atomic E-state index is 0.0319. The van der Waals surface area contributed by atoms with E-state index in [1.54, 1.807) is 0 Å². The Bertz CT molecular complexity index is 638. The summed E-state index contributed by atoms with van der Waals surface area (Å²) < 4.78 is 2.60. The molecule has 2 aromatic heterocycles. The summed E-state index contributed by atoms with van der Waals surface area (Å²) in [6, 6.07) is 4.13. The second-order valence-corrected chi connectivity index (χ2v) is 7.86. The lowest BCUT2D eigenvalue weighted by molar-refractivity contribution is -0.118. The van der Waals surface area contributed by atoms with Crippen molar-refractivity contribution in [1.82, 2.24) is 25.5 Å². The molecule has 1 saturated carbocycles. The Hall–Kier alpha value is -1.12. The van der Waals surface area contributed by atoms with Crippen LogP contribution in [0.3, 0.4) is 0 Å². The first-order valence-electron chi connectivity index (χ1n) is 7.14. The molecule has 1 fully saturated rings. The van der Waals surface area contributed by atoms with E-state index in [9.17, 15) is 4.79 Å². The molecule has 1 N–H and O–H groups in total. The molecular weight excluding hydrogens is 342 g/mol. The molecule has 0 atom stereocenters. The monoisotopic (exact) mass is 357 g/mol. The average molecular weight is 358 g/mol. The lowest BCUT2D eigenvalue weighted by Gasteiger charge is -2.10. The minimum atomic E-state index is -0.0319. The summed E-state index contributed by atoms with van der Waals surface area (Å²) in [6.07, 6.45) is 4.67. The highest BCUT2D eigenvalue weighted by atomic mass is 35.5. The van der Waals surface area contributed by atoms with Gasteiger partial charge in [0.15, 0.2) is 0 Å². The number of thiophene rings is 1. The van der Waals surface area contributed by atoms with Crippen LogP contribution in [-0.2, 0) is 11.3 Å². The average Bonchev–Trinajstić information content (AvgIpc) is 3.23. The van der Waals surface area contributed by atoms with E-state index >= 15 is 0 Å². The molecule has 2 heterocycles. The van der Waals surface area contributed by atoms with Gasteiger partial charge in [0, 0.05) is 4.88 Å². The fraction of sp³-hybridized carbons (Fsp3) is 0.538. The van der Waals surface area contributed by atoms with Gasteiger partial charge in [0.2, 0.25) is 11.1 Å². The number of carbonyl (C=O) groups is 1. The Balaban J connectivity index is 1.48.